The molecule has 0 saturated heterocycles. The molecule has 1 unspecified atom stereocenters. The van der Waals surface area contributed by atoms with E-state index in [9.17, 15) is 4.39 Å². The van der Waals surface area contributed by atoms with E-state index in [-0.39, 0.29) is 10.6 Å². The largest absolute Gasteiger partial charge is 0.389 e. The Morgan fingerprint density at radius 2 is 2.29 bits per heavy atom. The van der Waals surface area contributed by atoms with E-state index in [1.807, 2.05) is 6.92 Å². The highest BCUT2D eigenvalue weighted by molar-refractivity contribution is 7.80. The quantitative estimate of drug-likeness (QED) is 0.766. The van der Waals surface area contributed by atoms with Gasteiger partial charge in [-0.1, -0.05) is 25.2 Å². The summed E-state index contributed by atoms with van der Waals surface area (Å²) >= 11 is 4.84. The molecule has 3 nitrogen and oxygen atoms in total. The van der Waals surface area contributed by atoms with Gasteiger partial charge in [-0.05, 0) is 18.1 Å². The van der Waals surface area contributed by atoms with Crippen molar-refractivity contribution in [2.45, 2.75) is 6.92 Å². The van der Waals surface area contributed by atoms with Crippen molar-refractivity contribution in [3.8, 4) is 0 Å². The summed E-state index contributed by atoms with van der Waals surface area (Å²) in [7, 11) is 1.65. The SMILES string of the molecule is COCC(C)CNc1cccc(F)c1C(N)=S. The molecule has 0 aromatic heterocycles. The first-order valence-electron chi connectivity index (χ1n) is 5.37. The molecule has 0 saturated carbocycles. The van der Waals surface area contributed by atoms with Crippen molar-refractivity contribution in [1.82, 2.24) is 0 Å². The minimum Gasteiger partial charge on any atom is -0.389 e. The first-order valence-corrected chi connectivity index (χ1v) is 5.78. The molecule has 0 heterocycles. The summed E-state index contributed by atoms with van der Waals surface area (Å²) in [6, 6.07) is 4.73. The zero-order valence-corrected chi connectivity index (χ0v) is 10.8. The van der Waals surface area contributed by atoms with E-state index in [2.05, 4.69) is 5.32 Å². The molecule has 0 fully saturated rings. The third-order valence-corrected chi connectivity index (χ3v) is 2.56. The molecule has 0 bridgehead atoms. The molecule has 1 aromatic carbocycles. The number of nitrogens with one attached hydrogen (secondary N) is 1. The van der Waals surface area contributed by atoms with Crippen LogP contribution >= 0.6 is 12.2 Å². The zero-order chi connectivity index (χ0) is 12.8. The molecular formula is C12H17FN2OS. The van der Waals surface area contributed by atoms with Gasteiger partial charge in [-0.15, -0.1) is 0 Å². The summed E-state index contributed by atoms with van der Waals surface area (Å²) in [6.07, 6.45) is 0. The number of thiocarbonyl (C=S) groups is 1. The van der Waals surface area contributed by atoms with Gasteiger partial charge < -0.3 is 15.8 Å². The van der Waals surface area contributed by atoms with E-state index >= 15 is 0 Å². The average molecular weight is 256 g/mol. The van der Waals surface area contributed by atoms with Gasteiger partial charge in [-0.3, -0.25) is 0 Å². The predicted molar refractivity (Wildman–Crippen MR) is 71.8 cm³/mol. The Morgan fingerprint density at radius 1 is 1.59 bits per heavy atom. The molecular weight excluding hydrogens is 239 g/mol. The Hall–Kier alpha value is -1.20. The third kappa shape index (κ3) is 3.94. The maximum Gasteiger partial charge on any atom is 0.135 e. The second-order valence-electron chi connectivity index (χ2n) is 3.97. The Bertz CT molecular complexity index is 398. The van der Waals surface area contributed by atoms with Crippen LogP contribution in [0.25, 0.3) is 0 Å². The second-order valence-corrected chi connectivity index (χ2v) is 4.41. The maximum absolute atomic E-state index is 13.5. The Labute approximate surface area is 106 Å². The van der Waals surface area contributed by atoms with Gasteiger partial charge >= 0.3 is 0 Å². The summed E-state index contributed by atoms with van der Waals surface area (Å²) < 4.78 is 18.6. The van der Waals surface area contributed by atoms with Gasteiger partial charge in [0.1, 0.15) is 10.8 Å². The van der Waals surface area contributed by atoms with Gasteiger partial charge in [0.2, 0.25) is 0 Å². The second kappa shape index (κ2) is 6.51. The van der Waals surface area contributed by atoms with E-state index in [4.69, 9.17) is 22.7 Å². The van der Waals surface area contributed by atoms with Gasteiger partial charge in [0, 0.05) is 19.3 Å². The van der Waals surface area contributed by atoms with Crippen molar-refractivity contribution in [3.05, 3.63) is 29.6 Å². The molecule has 1 atom stereocenters. The maximum atomic E-state index is 13.5. The van der Waals surface area contributed by atoms with Crippen molar-refractivity contribution in [2.24, 2.45) is 11.7 Å². The van der Waals surface area contributed by atoms with Gasteiger partial charge in [0.05, 0.1) is 12.2 Å². The lowest BCUT2D eigenvalue weighted by molar-refractivity contribution is 0.164. The topological polar surface area (TPSA) is 47.3 Å². The molecule has 0 aliphatic carbocycles. The number of hydrogen-bond donors (Lipinski definition) is 2. The van der Waals surface area contributed by atoms with Crippen molar-refractivity contribution in [2.75, 3.05) is 25.6 Å². The number of methoxy groups -OCH3 is 1. The lowest BCUT2D eigenvalue weighted by Crippen LogP contribution is -2.20. The molecule has 5 heteroatoms. The Kier molecular flexibility index (Phi) is 5.31. The van der Waals surface area contributed by atoms with Crippen molar-refractivity contribution in [1.29, 1.82) is 0 Å². The number of benzene rings is 1. The fourth-order valence-corrected chi connectivity index (χ4v) is 1.76. The van der Waals surface area contributed by atoms with Crippen LogP contribution in [0.15, 0.2) is 18.2 Å². The molecule has 3 N–H and O–H groups in total. The Balaban J connectivity index is 2.77. The lowest BCUT2D eigenvalue weighted by atomic mass is 10.1. The first-order chi connectivity index (χ1) is 8.06. The molecule has 17 heavy (non-hydrogen) atoms. The Morgan fingerprint density at radius 3 is 2.88 bits per heavy atom. The normalized spacial score (nSPS) is 12.2. The van der Waals surface area contributed by atoms with E-state index in [0.717, 1.165) is 0 Å². The fraction of sp³-hybridized carbons (Fsp3) is 0.417. The average Bonchev–Trinajstić information content (AvgIpc) is 2.26. The highest BCUT2D eigenvalue weighted by atomic mass is 32.1. The van der Waals surface area contributed by atoms with Crippen LogP contribution in [-0.4, -0.2) is 25.2 Å². The van der Waals surface area contributed by atoms with Crippen molar-refractivity contribution in [3.63, 3.8) is 0 Å². The van der Waals surface area contributed by atoms with E-state index in [0.29, 0.717) is 24.8 Å². The van der Waals surface area contributed by atoms with Crippen LogP contribution in [0.2, 0.25) is 0 Å². The van der Waals surface area contributed by atoms with Crippen LogP contribution < -0.4 is 11.1 Å². The highest BCUT2D eigenvalue weighted by Crippen LogP contribution is 2.19. The van der Waals surface area contributed by atoms with Crippen LogP contribution in [0.4, 0.5) is 10.1 Å². The molecule has 94 valence electrons. The number of nitrogens with two attached hydrogens (primary N) is 1. The summed E-state index contributed by atoms with van der Waals surface area (Å²) in [5.74, 6) is -0.0793. The van der Waals surface area contributed by atoms with Crippen LogP contribution in [0.1, 0.15) is 12.5 Å². The van der Waals surface area contributed by atoms with Gasteiger partial charge in [0.25, 0.3) is 0 Å². The first kappa shape index (κ1) is 13.9. The molecule has 0 amide bonds. The van der Waals surface area contributed by atoms with E-state index in [1.54, 1.807) is 19.2 Å². The summed E-state index contributed by atoms with van der Waals surface area (Å²) in [4.78, 5) is 0.0602. The van der Waals surface area contributed by atoms with Crippen LogP contribution in [0, 0.1) is 11.7 Å². The van der Waals surface area contributed by atoms with Gasteiger partial charge in [-0.2, -0.15) is 0 Å². The smallest absolute Gasteiger partial charge is 0.135 e. The van der Waals surface area contributed by atoms with Crippen LogP contribution in [0.5, 0.6) is 0 Å². The lowest BCUT2D eigenvalue weighted by Gasteiger charge is -2.15. The summed E-state index contributed by atoms with van der Waals surface area (Å²) in [5.41, 5.74) is 6.40. The van der Waals surface area contributed by atoms with E-state index in [1.165, 1.54) is 6.07 Å². The number of halogens is 1. The van der Waals surface area contributed by atoms with Gasteiger partial charge in [-0.25, -0.2) is 4.39 Å². The minimum absolute atomic E-state index is 0.0602. The van der Waals surface area contributed by atoms with Crippen LogP contribution in [0.3, 0.4) is 0 Å². The molecule has 1 aromatic rings. The van der Waals surface area contributed by atoms with Crippen LogP contribution in [-0.2, 0) is 4.74 Å². The molecule has 0 radical (unpaired) electrons. The van der Waals surface area contributed by atoms with Crippen molar-refractivity contribution < 1.29 is 9.13 Å². The summed E-state index contributed by atoms with van der Waals surface area (Å²) in [5, 5.41) is 3.13. The number of anilines is 1. The predicted octanol–water partition coefficient (Wildman–Crippen LogP) is 2.15. The highest BCUT2D eigenvalue weighted by Gasteiger charge is 2.11. The van der Waals surface area contributed by atoms with Crippen molar-refractivity contribution >= 4 is 22.9 Å². The fourth-order valence-electron chi connectivity index (χ4n) is 1.55. The summed E-state index contributed by atoms with van der Waals surface area (Å²) in [6.45, 7) is 3.36. The van der Waals surface area contributed by atoms with Gasteiger partial charge in [0.15, 0.2) is 0 Å². The standard InChI is InChI=1S/C12H17FN2OS/c1-8(7-16-2)6-15-10-5-3-4-9(13)11(10)12(14)17/h3-5,8,15H,6-7H2,1-2H3,(H2,14,17). The number of ether oxygens (including phenoxy) is 1. The third-order valence-electron chi connectivity index (χ3n) is 2.35. The van der Waals surface area contributed by atoms with E-state index < -0.39 is 5.82 Å². The number of rotatable bonds is 6. The molecule has 1 rings (SSSR count). The molecule has 0 aliphatic rings. The minimum atomic E-state index is -0.401. The number of hydrogen-bond acceptors (Lipinski definition) is 3. The zero-order valence-electron chi connectivity index (χ0n) is 10.00. The monoisotopic (exact) mass is 256 g/mol. The molecule has 0 aliphatic heterocycles. The molecule has 0 spiro atoms.